The van der Waals surface area contributed by atoms with Gasteiger partial charge in [0.2, 0.25) is 5.95 Å². The molecular formula is C31H38N10O5S3. The van der Waals surface area contributed by atoms with Gasteiger partial charge in [-0.1, -0.05) is 6.07 Å². The Morgan fingerprint density at radius 2 is 1.84 bits per heavy atom. The summed E-state index contributed by atoms with van der Waals surface area (Å²) in [7, 11) is -2.84. The molecule has 15 nitrogen and oxygen atoms in total. The lowest BCUT2D eigenvalue weighted by Crippen LogP contribution is -2.47. The maximum atomic E-state index is 13.4. The fourth-order valence-corrected chi connectivity index (χ4v) is 7.79. The van der Waals surface area contributed by atoms with Crippen molar-refractivity contribution in [3.63, 3.8) is 0 Å². The molecule has 49 heavy (non-hydrogen) atoms. The van der Waals surface area contributed by atoms with E-state index in [0.29, 0.717) is 31.0 Å². The predicted octanol–water partition coefficient (Wildman–Crippen LogP) is 3.16. The number of thiazole rings is 1. The first-order chi connectivity index (χ1) is 23.6. The molecule has 1 atom stereocenters. The molecule has 4 heterocycles. The van der Waals surface area contributed by atoms with Gasteiger partial charge in [0, 0.05) is 56.2 Å². The molecule has 0 aliphatic carbocycles. The van der Waals surface area contributed by atoms with Gasteiger partial charge in [0.1, 0.15) is 10.9 Å². The van der Waals surface area contributed by atoms with E-state index in [9.17, 15) is 18.0 Å². The molecule has 260 valence electrons. The van der Waals surface area contributed by atoms with Crippen LogP contribution in [0, 0.1) is 0 Å². The first-order valence-corrected chi connectivity index (χ1v) is 18.7. The number of anilines is 4. The minimum atomic E-state index is -4.07. The third-order valence-electron chi connectivity index (χ3n) is 7.46. The number of sulfonamides is 1. The zero-order valence-corrected chi connectivity index (χ0v) is 29.5. The molecule has 1 aliphatic heterocycles. The molecule has 1 saturated heterocycles. The van der Waals surface area contributed by atoms with Gasteiger partial charge >= 0.3 is 5.97 Å². The number of rotatable bonds is 15. The quantitative estimate of drug-likeness (QED) is 0.0606. The minimum Gasteiger partial charge on any atom is -0.467 e. The Kier molecular flexibility index (Phi) is 12.0. The smallest absolute Gasteiger partial charge is 0.328 e. The molecule has 0 unspecified atom stereocenters. The maximum Gasteiger partial charge on any atom is 0.328 e. The Morgan fingerprint density at radius 3 is 2.57 bits per heavy atom. The standard InChI is InChI=1S/C31H38N10O5S3/c1-21(32)33-10-4-8-26(29(43)46-2)38-28(42)27-25(9-17-47-27)39-49(44,45)24-7-3-6-22(18-24)36-19-23-20-48-31(37-23)41-15-13-40(14-16-41)30-34-11-5-12-35-30/h3,5-7,9,11-12,17-18,20,26,36,39H,4,8,10,13-16,19H2,1-2H3,(H2,32,33)(H,38,42)/t26-/m0/s1. The minimum absolute atomic E-state index is 0.0116. The highest BCUT2D eigenvalue weighted by molar-refractivity contribution is 7.92. The van der Waals surface area contributed by atoms with Crippen LogP contribution >= 0.6 is 22.7 Å². The van der Waals surface area contributed by atoms with Crippen LogP contribution in [0.3, 0.4) is 0 Å². The lowest BCUT2D eigenvalue weighted by atomic mass is 10.1. The van der Waals surface area contributed by atoms with E-state index >= 15 is 0 Å². The van der Waals surface area contributed by atoms with Crippen LogP contribution in [-0.4, -0.2) is 87.0 Å². The second kappa shape index (κ2) is 16.5. The lowest BCUT2D eigenvalue weighted by Gasteiger charge is -2.34. The van der Waals surface area contributed by atoms with Gasteiger partial charge in [0.25, 0.3) is 15.9 Å². The van der Waals surface area contributed by atoms with Crippen molar-refractivity contribution in [1.82, 2.24) is 20.3 Å². The number of nitrogens with zero attached hydrogens (tertiary/aromatic N) is 6. The number of ether oxygens (including phenoxy) is 1. The monoisotopic (exact) mass is 726 g/mol. The fraction of sp³-hybridized carbons (Fsp3) is 0.355. The Hall–Kier alpha value is -4.81. The summed E-state index contributed by atoms with van der Waals surface area (Å²) in [6.45, 7) is 5.64. The predicted molar refractivity (Wildman–Crippen MR) is 192 cm³/mol. The second-order valence-corrected chi connectivity index (χ2v) is 14.4. The van der Waals surface area contributed by atoms with Crippen molar-refractivity contribution in [2.24, 2.45) is 10.7 Å². The van der Waals surface area contributed by atoms with E-state index in [1.54, 1.807) is 54.2 Å². The number of esters is 1. The summed E-state index contributed by atoms with van der Waals surface area (Å²) in [6, 6.07) is 8.77. The number of amides is 1. The Bertz CT molecular complexity index is 1850. The molecule has 0 saturated carbocycles. The molecule has 4 aromatic rings. The third-order valence-corrected chi connectivity index (χ3v) is 10.7. The second-order valence-electron chi connectivity index (χ2n) is 11.0. The summed E-state index contributed by atoms with van der Waals surface area (Å²) in [5.74, 6) is -0.0694. The van der Waals surface area contributed by atoms with Gasteiger partial charge in [-0.2, -0.15) is 0 Å². The van der Waals surface area contributed by atoms with Gasteiger partial charge in [-0.25, -0.2) is 28.2 Å². The summed E-state index contributed by atoms with van der Waals surface area (Å²) < 4.78 is 34.2. The zero-order valence-electron chi connectivity index (χ0n) is 27.0. The van der Waals surface area contributed by atoms with Crippen LogP contribution in [-0.2, 0) is 26.1 Å². The highest BCUT2D eigenvalue weighted by atomic mass is 32.2. The van der Waals surface area contributed by atoms with Crippen LogP contribution in [0.25, 0.3) is 0 Å². The summed E-state index contributed by atoms with van der Waals surface area (Å²) in [6.07, 6.45) is 4.24. The summed E-state index contributed by atoms with van der Waals surface area (Å²) >= 11 is 2.61. The normalized spacial score (nSPS) is 14.3. The molecular weight excluding hydrogens is 689 g/mol. The number of carbonyl (C=O) groups excluding carboxylic acids is 2. The van der Waals surface area contributed by atoms with Gasteiger partial charge in [0.15, 0.2) is 5.13 Å². The summed E-state index contributed by atoms with van der Waals surface area (Å²) in [5.41, 5.74) is 7.08. The SMILES string of the molecule is COC(=O)[C@H](CCCN=C(C)N)NC(=O)c1sccc1NS(=O)(=O)c1cccc(NCc2csc(N3CCN(c4ncccn4)CC3)n2)c1. The van der Waals surface area contributed by atoms with Crippen molar-refractivity contribution >= 4 is 72.9 Å². The Balaban J connectivity index is 1.16. The van der Waals surface area contributed by atoms with Gasteiger partial charge in [0.05, 0.1) is 35.8 Å². The van der Waals surface area contributed by atoms with Crippen LogP contribution in [0.2, 0.25) is 0 Å². The number of methoxy groups -OCH3 is 1. The molecule has 0 spiro atoms. The lowest BCUT2D eigenvalue weighted by molar-refractivity contribution is -0.143. The molecule has 1 aromatic carbocycles. The number of aliphatic imine (C=N–C) groups is 1. The van der Waals surface area contributed by atoms with Crippen LogP contribution in [0.5, 0.6) is 0 Å². The van der Waals surface area contributed by atoms with Crippen molar-refractivity contribution in [1.29, 1.82) is 0 Å². The number of nitrogens with one attached hydrogen (secondary N) is 3. The number of thiophene rings is 1. The van der Waals surface area contributed by atoms with Crippen molar-refractivity contribution in [2.75, 3.05) is 59.7 Å². The number of benzene rings is 1. The summed E-state index contributed by atoms with van der Waals surface area (Å²) in [5, 5.41) is 10.4. The number of hydrogen-bond donors (Lipinski definition) is 4. The highest BCUT2D eigenvalue weighted by Gasteiger charge is 2.26. The maximum absolute atomic E-state index is 13.4. The molecule has 5 rings (SSSR count). The highest BCUT2D eigenvalue weighted by Crippen LogP contribution is 2.27. The largest absolute Gasteiger partial charge is 0.467 e. The Morgan fingerprint density at radius 1 is 1.08 bits per heavy atom. The van der Waals surface area contributed by atoms with E-state index in [1.807, 2.05) is 5.38 Å². The van der Waals surface area contributed by atoms with Crippen molar-refractivity contribution < 1.29 is 22.7 Å². The first-order valence-electron chi connectivity index (χ1n) is 15.4. The number of amidine groups is 1. The average Bonchev–Trinajstić information content (AvgIpc) is 3.78. The topological polar surface area (TPSA) is 197 Å². The number of nitrogens with two attached hydrogens (primary N) is 1. The first kappa shape index (κ1) is 35.5. The van der Waals surface area contributed by atoms with Gasteiger partial charge in [-0.3, -0.25) is 14.5 Å². The molecule has 1 aliphatic rings. The van der Waals surface area contributed by atoms with Crippen LogP contribution < -0.4 is 30.9 Å². The van der Waals surface area contributed by atoms with E-state index in [1.165, 1.54) is 25.3 Å². The van der Waals surface area contributed by atoms with Crippen LogP contribution in [0.1, 0.15) is 35.1 Å². The van der Waals surface area contributed by atoms with Gasteiger partial charge in [-0.05, 0) is 55.5 Å². The van der Waals surface area contributed by atoms with Crippen LogP contribution in [0.4, 0.5) is 22.5 Å². The van der Waals surface area contributed by atoms with E-state index in [4.69, 9.17) is 15.5 Å². The summed E-state index contributed by atoms with van der Waals surface area (Å²) in [4.78, 5) is 47.5. The van der Waals surface area contributed by atoms with Crippen LogP contribution in [0.15, 0.2) is 69.4 Å². The fourth-order valence-electron chi connectivity index (χ4n) is 4.98. The average molecular weight is 727 g/mol. The van der Waals surface area contributed by atoms with Crippen molar-refractivity contribution in [2.45, 2.75) is 37.2 Å². The number of carbonyl (C=O) groups is 2. The Labute approximate surface area is 292 Å². The molecule has 0 bridgehead atoms. The zero-order chi connectivity index (χ0) is 34.8. The van der Waals surface area contributed by atoms with Gasteiger partial charge < -0.3 is 30.9 Å². The molecule has 1 fully saturated rings. The van der Waals surface area contributed by atoms with Crippen molar-refractivity contribution in [3.05, 3.63) is 70.1 Å². The van der Waals surface area contributed by atoms with E-state index in [2.05, 4.69) is 40.1 Å². The molecule has 3 aromatic heterocycles. The number of hydrogen-bond acceptors (Lipinski definition) is 14. The molecule has 5 N–H and O–H groups in total. The third kappa shape index (κ3) is 9.64. The molecule has 0 radical (unpaired) electrons. The van der Waals surface area contributed by atoms with E-state index in [0.717, 1.165) is 54.3 Å². The van der Waals surface area contributed by atoms with E-state index in [-0.39, 0.29) is 21.9 Å². The number of aromatic nitrogens is 3. The number of piperazine rings is 1. The van der Waals surface area contributed by atoms with Crippen molar-refractivity contribution in [3.8, 4) is 0 Å². The molecule has 18 heteroatoms. The van der Waals surface area contributed by atoms with Gasteiger partial charge in [-0.15, -0.1) is 22.7 Å². The molecule has 1 amide bonds. The van der Waals surface area contributed by atoms with E-state index < -0.39 is 27.9 Å².